The number of hydrogen-bond donors (Lipinski definition) is 0. The number of esters is 1. The van der Waals surface area contributed by atoms with Gasteiger partial charge in [-0.2, -0.15) is 0 Å². The van der Waals surface area contributed by atoms with Gasteiger partial charge in [0.05, 0.1) is 7.11 Å². The minimum absolute atomic E-state index is 0.187. The number of benzene rings is 2. The molecule has 0 radical (unpaired) electrons. The first kappa shape index (κ1) is 23.2. The fourth-order valence-corrected chi connectivity index (χ4v) is 4.35. The maximum atomic E-state index is 13.7. The van der Waals surface area contributed by atoms with Crippen LogP contribution >= 0.6 is 11.8 Å². The van der Waals surface area contributed by atoms with Crippen LogP contribution in [0.1, 0.15) is 24.0 Å². The molecule has 7 heteroatoms. The monoisotopic (exact) mass is 442 g/mol. The fraction of sp³-hybridized carbons (Fsp3) is 0.417. The Kier molecular flexibility index (Phi) is 7.62. The molecule has 2 aromatic rings. The third-order valence-electron chi connectivity index (χ3n) is 5.50. The van der Waals surface area contributed by atoms with Crippen LogP contribution < -0.4 is 9.64 Å². The van der Waals surface area contributed by atoms with Crippen molar-refractivity contribution in [2.24, 2.45) is 0 Å². The van der Waals surface area contributed by atoms with E-state index < -0.39 is 12.1 Å². The number of carbonyl (C=O) groups is 2. The Morgan fingerprint density at radius 1 is 1.19 bits per heavy atom. The van der Waals surface area contributed by atoms with Crippen molar-refractivity contribution in [1.82, 2.24) is 4.90 Å². The van der Waals surface area contributed by atoms with Crippen molar-refractivity contribution in [3.63, 3.8) is 0 Å². The number of nitrogens with zero attached hydrogens (tertiary/aromatic N) is 2. The Bertz CT molecular complexity index is 930. The Hall–Kier alpha value is -2.51. The molecule has 2 atom stereocenters. The van der Waals surface area contributed by atoms with Gasteiger partial charge in [-0.1, -0.05) is 12.1 Å². The number of fused-ring (bicyclic) bond motifs is 1. The highest BCUT2D eigenvalue weighted by atomic mass is 32.2. The molecule has 2 aromatic carbocycles. The molecule has 0 spiro atoms. The van der Waals surface area contributed by atoms with Gasteiger partial charge in [0.1, 0.15) is 5.75 Å². The minimum atomic E-state index is -0.891. The second kappa shape index (κ2) is 10.2. The van der Waals surface area contributed by atoms with Crippen LogP contribution in [0.25, 0.3) is 0 Å². The molecule has 0 bridgehead atoms. The van der Waals surface area contributed by atoms with Crippen LogP contribution in [0.5, 0.6) is 5.75 Å². The third-order valence-corrected chi connectivity index (χ3v) is 6.23. The predicted octanol–water partition coefficient (Wildman–Crippen LogP) is 3.58. The van der Waals surface area contributed by atoms with Gasteiger partial charge < -0.3 is 19.3 Å². The number of amides is 1. The predicted molar refractivity (Wildman–Crippen MR) is 124 cm³/mol. The molecule has 166 valence electrons. The summed E-state index contributed by atoms with van der Waals surface area (Å²) in [5.74, 6) is -0.193. The summed E-state index contributed by atoms with van der Waals surface area (Å²) in [4.78, 5) is 30.6. The molecular formula is C24H30N2O4S. The lowest BCUT2D eigenvalue weighted by atomic mass is 9.87. The topological polar surface area (TPSA) is 59.1 Å². The number of rotatable bonds is 7. The Morgan fingerprint density at radius 2 is 1.90 bits per heavy atom. The van der Waals surface area contributed by atoms with Crippen molar-refractivity contribution in [3.05, 3.63) is 53.6 Å². The van der Waals surface area contributed by atoms with Crippen LogP contribution in [-0.4, -0.2) is 63.4 Å². The summed E-state index contributed by atoms with van der Waals surface area (Å²) in [7, 11) is 5.57. The summed E-state index contributed by atoms with van der Waals surface area (Å²) in [6, 6.07) is 13.8. The first-order valence-electron chi connectivity index (χ1n) is 10.3. The second-order valence-corrected chi connectivity index (χ2v) is 8.78. The van der Waals surface area contributed by atoms with Gasteiger partial charge in [0.2, 0.25) is 0 Å². The van der Waals surface area contributed by atoms with Crippen molar-refractivity contribution >= 4 is 29.3 Å². The van der Waals surface area contributed by atoms with E-state index in [0.717, 1.165) is 27.5 Å². The lowest BCUT2D eigenvalue weighted by Crippen LogP contribution is -2.45. The van der Waals surface area contributed by atoms with Crippen LogP contribution in [0.15, 0.2) is 47.4 Å². The van der Waals surface area contributed by atoms with Crippen LogP contribution in [0.3, 0.4) is 0 Å². The molecule has 31 heavy (non-hydrogen) atoms. The molecule has 0 saturated carbocycles. The molecule has 1 aliphatic heterocycles. The van der Waals surface area contributed by atoms with E-state index in [4.69, 9.17) is 9.47 Å². The summed E-state index contributed by atoms with van der Waals surface area (Å²) in [6.07, 6.45) is 1.74. The minimum Gasteiger partial charge on any atom is -0.497 e. The normalized spacial score (nSPS) is 18.5. The number of carbonyl (C=O) groups excluding carboxylic acids is 2. The number of likely N-dealkylation sites (N-methyl/N-ethyl adjacent to an activating group) is 1. The molecule has 0 fully saturated rings. The Labute approximate surface area is 188 Å². The average Bonchev–Trinajstić information content (AvgIpc) is 2.86. The van der Waals surface area contributed by atoms with Crippen molar-refractivity contribution in [3.8, 4) is 5.75 Å². The number of hydrogen-bond acceptors (Lipinski definition) is 6. The number of methoxy groups -OCH3 is 1. The van der Waals surface area contributed by atoms with Crippen LogP contribution in [0.4, 0.5) is 5.69 Å². The van der Waals surface area contributed by atoms with E-state index in [2.05, 4.69) is 6.07 Å². The molecule has 1 aliphatic rings. The molecule has 0 aliphatic carbocycles. The average molecular weight is 443 g/mol. The third kappa shape index (κ3) is 5.40. The van der Waals surface area contributed by atoms with Gasteiger partial charge >= 0.3 is 5.97 Å². The van der Waals surface area contributed by atoms with E-state index >= 15 is 0 Å². The fourth-order valence-electron chi connectivity index (χ4n) is 3.89. The molecular weight excluding hydrogens is 412 g/mol. The van der Waals surface area contributed by atoms with Crippen LogP contribution in [-0.2, 0) is 20.7 Å². The van der Waals surface area contributed by atoms with E-state index in [-0.39, 0.29) is 11.8 Å². The smallest absolute Gasteiger partial charge is 0.303 e. The molecule has 3 rings (SSSR count). The van der Waals surface area contributed by atoms with E-state index in [1.165, 1.54) is 6.92 Å². The lowest BCUT2D eigenvalue weighted by Gasteiger charge is -2.29. The van der Waals surface area contributed by atoms with Crippen molar-refractivity contribution in [1.29, 1.82) is 0 Å². The molecule has 1 heterocycles. The zero-order valence-corrected chi connectivity index (χ0v) is 19.6. The highest BCUT2D eigenvalue weighted by molar-refractivity contribution is 7.98. The maximum absolute atomic E-state index is 13.7. The van der Waals surface area contributed by atoms with Gasteiger partial charge in [-0.15, -0.1) is 11.8 Å². The molecule has 6 nitrogen and oxygen atoms in total. The molecule has 1 amide bonds. The van der Waals surface area contributed by atoms with Crippen molar-refractivity contribution in [2.45, 2.75) is 30.3 Å². The van der Waals surface area contributed by atoms with Gasteiger partial charge in [0.15, 0.2) is 6.10 Å². The zero-order chi connectivity index (χ0) is 22.5. The summed E-state index contributed by atoms with van der Waals surface area (Å²) in [5, 5.41) is 0. The van der Waals surface area contributed by atoms with E-state index in [9.17, 15) is 9.59 Å². The van der Waals surface area contributed by atoms with Gasteiger partial charge in [0.25, 0.3) is 5.91 Å². The SMILES string of the molecule is COc1ccc(C2Cc3cc(SC)ccc3N(CCN(C)C)C(=O)C2OC(C)=O)cc1. The van der Waals surface area contributed by atoms with Crippen molar-refractivity contribution in [2.75, 3.05) is 45.5 Å². The Balaban J connectivity index is 2.11. The molecule has 0 saturated heterocycles. The molecule has 0 aromatic heterocycles. The van der Waals surface area contributed by atoms with Crippen LogP contribution in [0.2, 0.25) is 0 Å². The maximum Gasteiger partial charge on any atom is 0.303 e. The zero-order valence-electron chi connectivity index (χ0n) is 18.8. The molecule has 0 N–H and O–H groups in total. The highest BCUT2D eigenvalue weighted by Crippen LogP contribution is 2.38. The highest BCUT2D eigenvalue weighted by Gasteiger charge is 2.40. The van der Waals surface area contributed by atoms with Gasteiger partial charge in [-0.05, 0) is 68.2 Å². The first-order chi connectivity index (χ1) is 14.8. The number of thioether (sulfide) groups is 1. The van der Waals surface area contributed by atoms with E-state index in [1.807, 2.05) is 61.6 Å². The summed E-state index contributed by atoms with van der Waals surface area (Å²) < 4.78 is 10.9. The standard InChI is InChI=1S/C24H30N2O4S/c1-16(27)30-23-21(17-6-8-19(29-4)9-7-17)15-18-14-20(31-5)10-11-22(18)26(24(23)28)13-12-25(2)3/h6-11,14,21,23H,12-13,15H2,1-5H3. The second-order valence-electron chi connectivity index (χ2n) is 7.90. The van der Waals surface area contributed by atoms with Crippen molar-refractivity contribution < 1.29 is 19.1 Å². The van der Waals surface area contributed by atoms with Crippen LogP contribution in [0, 0.1) is 0 Å². The summed E-state index contributed by atoms with van der Waals surface area (Å²) >= 11 is 1.67. The van der Waals surface area contributed by atoms with Gasteiger partial charge in [0, 0.05) is 36.5 Å². The van der Waals surface area contributed by atoms with E-state index in [0.29, 0.717) is 19.5 Å². The lowest BCUT2D eigenvalue weighted by molar-refractivity contribution is -0.154. The number of anilines is 1. The van der Waals surface area contributed by atoms with E-state index in [1.54, 1.807) is 23.8 Å². The molecule has 2 unspecified atom stereocenters. The first-order valence-corrected chi connectivity index (χ1v) is 11.5. The summed E-state index contributed by atoms with van der Waals surface area (Å²) in [5.41, 5.74) is 2.91. The summed E-state index contributed by atoms with van der Waals surface area (Å²) in [6.45, 7) is 2.58. The Morgan fingerprint density at radius 3 is 2.48 bits per heavy atom. The van der Waals surface area contributed by atoms with Gasteiger partial charge in [-0.25, -0.2) is 0 Å². The number of ether oxygens (including phenoxy) is 2. The largest absolute Gasteiger partial charge is 0.497 e. The van der Waals surface area contributed by atoms with Gasteiger partial charge in [-0.3, -0.25) is 9.59 Å². The quantitative estimate of drug-likeness (QED) is 0.483.